The van der Waals surface area contributed by atoms with Gasteiger partial charge in [0.1, 0.15) is 5.82 Å². The van der Waals surface area contributed by atoms with E-state index in [1.807, 2.05) is 0 Å². The number of para-hydroxylation sites is 1. The summed E-state index contributed by atoms with van der Waals surface area (Å²) in [5.41, 5.74) is 7.55. The lowest BCUT2D eigenvalue weighted by Crippen LogP contribution is -2.11. The van der Waals surface area contributed by atoms with Gasteiger partial charge in [0.15, 0.2) is 9.84 Å². The van der Waals surface area contributed by atoms with Crippen LogP contribution in [0.25, 0.3) is 21.8 Å². The van der Waals surface area contributed by atoms with Crippen LogP contribution in [-0.2, 0) is 16.4 Å². The van der Waals surface area contributed by atoms with E-state index in [-0.39, 0.29) is 11.4 Å². The molecule has 5 nitrogen and oxygen atoms in total. The quantitative estimate of drug-likeness (QED) is 0.573. The first-order chi connectivity index (χ1) is 13.3. The molecular formula is C21H17FN2O3S. The number of nitrogens with two attached hydrogens (primary N) is 1. The summed E-state index contributed by atoms with van der Waals surface area (Å²) in [6, 6.07) is 16.3. The fraction of sp³-hybridized carbons (Fsp3) is 0.0952. The van der Waals surface area contributed by atoms with Crippen LogP contribution in [0.5, 0.6) is 0 Å². The number of primary amides is 1. The number of fused-ring (bicyclic) bond motifs is 3. The number of carbonyl (C=O) groups is 1. The first kappa shape index (κ1) is 18.2. The molecule has 7 heteroatoms. The van der Waals surface area contributed by atoms with Gasteiger partial charge in [-0.1, -0.05) is 30.3 Å². The van der Waals surface area contributed by atoms with E-state index in [9.17, 15) is 17.6 Å². The van der Waals surface area contributed by atoms with Gasteiger partial charge < -0.3 is 10.3 Å². The van der Waals surface area contributed by atoms with E-state index in [1.54, 1.807) is 53.1 Å². The first-order valence-corrected chi connectivity index (χ1v) is 10.4. The van der Waals surface area contributed by atoms with Gasteiger partial charge in [-0.3, -0.25) is 4.79 Å². The second-order valence-corrected chi connectivity index (χ2v) is 8.72. The van der Waals surface area contributed by atoms with Gasteiger partial charge in [0.2, 0.25) is 5.91 Å². The van der Waals surface area contributed by atoms with Crippen LogP contribution in [0.1, 0.15) is 15.9 Å². The van der Waals surface area contributed by atoms with E-state index in [1.165, 1.54) is 12.1 Å². The molecule has 1 heterocycles. The highest BCUT2D eigenvalue weighted by Gasteiger charge is 2.19. The van der Waals surface area contributed by atoms with Crippen LogP contribution in [0.2, 0.25) is 0 Å². The minimum Gasteiger partial charge on any atom is -0.366 e. The van der Waals surface area contributed by atoms with Gasteiger partial charge in [-0.25, -0.2) is 12.8 Å². The molecule has 0 radical (unpaired) electrons. The Bertz CT molecular complexity index is 1360. The predicted octanol–water partition coefficient (Wildman–Crippen LogP) is 3.48. The molecule has 4 aromatic rings. The number of sulfone groups is 1. The Hall–Kier alpha value is -3.19. The molecule has 1 aromatic heterocycles. The molecule has 0 bridgehead atoms. The summed E-state index contributed by atoms with van der Waals surface area (Å²) in [4.78, 5) is 12.1. The fourth-order valence-electron chi connectivity index (χ4n) is 3.59. The first-order valence-electron chi connectivity index (χ1n) is 8.55. The molecule has 0 spiro atoms. The number of rotatable bonds is 4. The third-order valence-corrected chi connectivity index (χ3v) is 5.90. The second-order valence-electron chi connectivity index (χ2n) is 6.71. The Labute approximate surface area is 161 Å². The minimum atomic E-state index is -3.36. The lowest BCUT2D eigenvalue weighted by Gasteiger charge is -2.10. The van der Waals surface area contributed by atoms with Crippen LogP contribution < -0.4 is 5.73 Å². The van der Waals surface area contributed by atoms with Crippen LogP contribution in [0.3, 0.4) is 0 Å². The Balaban J connectivity index is 2.02. The lowest BCUT2D eigenvalue weighted by molar-refractivity contribution is 0.100. The molecule has 0 fully saturated rings. The minimum absolute atomic E-state index is 0.198. The molecule has 0 atom stereocenters. The van der Waals surface area contributed by atoms with Crippen LogP contribution in [-0.4, -0.2) is 25.1 Å². The number of hydrogen-bond donors (Lipinski definition) is 1. The van der Waals surface area contributed by atoms with Crippen LogP contribution in [0.4, 0.5) is 4.39 Å². The highest BCUT2D eigenvalue weighted by Crippen LogP contribution is 2.33. The summed E-state index contributed by atoms with van der Waals surface area (Å²) < 4.78 is 40.2. The number of halogens is 1. The molecule has 0 saturated carbocycles. The molecule has 1 amide bonds. The predicted molar refractivity (Wildman–Crippen MR) is 107 cm³/mol. The summed E-state index contributed by atoms with van der Waals surface area (Å²) in [5.74, 6) is -1.02. The molecule has 4 rings (SSSR count). The molecule has 28 heavy (non-hydrogen) atoms. The van der Waals surface area contributed by atoms with Gasteiger partial charge in [-0.15, -0.1) is 0 Å². The monoisotopic (exact) mass is 396 g/mol. The zero-order chi connectivity index (χ0) is 20.1. The Morgan fingerprint density at radius 3 is 2.50 bits per heavy atom. The molecule has 2 N–H and O–H groups in total. The molecule has 142 valence electrons. The van der Waals surface area contributed by atoms with Crippen molar-refractivity contribution < 1.29 is 17.6 Å². The van der Waals surface area contributed by atoms with Gasteiger partial charge in [0, 0.05) is 29.1 Å². The highest BCUT2D eigenvalue weighted by molar-refractivity contribution is 7.90. The van der Waals surface area contributed by atoms with Crippen molar-refractivity contribution >= 4 is 37.6 Å². The van der Waals surface area contributed by atoms with E-state index in [2.05, 4.69) is 0 Å². The van der Waals surface area contributed by atoms with Crippen molar-refractivity contribution in [3.63, 3.8) is 0 Å². The number of aromatic nitrogens is 1. The van der Waals surface area contributed by atoms with Gasteiger partial charge in [0.25, 0.3) is 0 Å². The van der Waals surface area contributed by atoms with Crippen molar-refractivity contribution in [2.24, 2.45) is 5.73 Å². The van der Waals surface area contributed by atoms with E-state index >= 15 is 0 Å². The van der Waals surface area contributed by atoms with Crippen molar-refractivity contribution in [3.05, 3.63) is 77.6 Å². The zero-order valence-electron chi connectivity index (χ0n) is 15.0. The number of amides is 1. The van der Waals surface area contributed by atoms with Gasteiger partial charge in [-0.05, 0) is 35.9 Å². The van der Waals surface area contributed by atoms with E-state index in [4.69, 9.17) is 5.73 Å². The molecular weight excluding hydrogens is 379 g/mol. The van der Waals surface area contributed by atoms with Crippen LogP contribution >= 0.6 is 0 Å². The van der Waals surface area contributed by atoms with Gasteiger partial charge in [-0.2, -0.15) is 0 Å². The van der Waals surface area contributed by atoms with Crippen LogP contribution in [0, 0.1) is 5.82 Å². The summed E-state index contributed by atoms with van der Waals surface area (Å²) in [7, 11) is -3.36. The Kier molecular flexibility index (Phi) is 4.19. The molecule has 0 saturated heterocycles. The summed E-state index contributed by atoms with van der Waals surface area (Å²) >= 11 is 0. The van der Waals surface area contributed by atoms with Crippen molar-refractivity contribution in [1.82, 2.24) is 4.57 Å². The summed E-state index contributed by atoms with van der Waals surface area (Å²) in [5, 5.41) is 1.17. The molecule has 0 unspecified atom stereocenters. The maximum absolute atomic E-state index is 14.8. The summed E-state index contributed by atoms with van der Waals surface area (Å²) in [6.45, 7) is 0.243. The number of nitrogens with zero attached hydrogens (tertiary/aromatic N) is 1. The van der Waals surface area contributed by atoms with Crippen molar-refractivity contribution in [2.75, 3.05) is 6.26 Å². The maximum atomic E-state index is 14.8. The van der Waals surface area contributed by atoms with Crippen molar-refractivity contribution in [2.45, 2.75) is 11.4 Å². The Morgan fingerprint density at radius 2 is 1.79 bits per heavy atom. The van der Waals surface area contributed by atoms with Crippen molar-refractivity contribution in [1.29, 1.82) is 0 Å². The van der Waals surface area contributed by atoms with Gasteiger partial charge in [0.05, 0.1) is 15.9 Å². The van der Waals surface area contributed by atoms with Crippen molar-refractivity contribution in [3.8, 4) is 0 Å². The second kappa shape index (κ2) is 6.45. The molecule has 0 aliphatic carbocycles. The lowest BCUT2D eigenvalue weighted by atomic mass is 10.1. The molecule has 0 aliphatic heterocycles. The highest BCUT2D eigenvalue weighted by atomic mass is 32.2. The standard InChI is InChI=1S/C21H17FN2O3S/c1-28(26,27)14-6-2-5-13(11-14)12-24-18-10-4-8-16(21(23)25)19(18)15-7-3-9-17(22)20(15)24/h2-11H,12H2,1H3,(H2,23,25). The fourth-order valence-corrected chi connectivity index (χ4v) is 4.28. The topological polar surface area (TPSA) is 82.2 Å². The maximum Gasteiger partial charge on any atom is 0.249 e. The largest absolute Gasteiger partial charge is 0.366 e. The third-order valence-electron chi connectivity index (χ3n) is 4.79. The third kappa shape index (κ3) is 2.93. The van der Waals surface area contributed by atoms with Gasteiger partial charge >= 0.3 is 0 Å². The van der Waals surface area contributed by atoms with Crippen LogP contribution in [0.15, 0.2) is 65.6 Å². The zero-order valence-corrected chi connectivity index (χ0v) is 15.8. The SMILES string of the molecule is CS(=O)(=O)c1cccc(Cn2c3cccc(C(N)=O)c3c3cccc(F)c32)c1. The average Bonchev–Trinajstić information content (AvgIpc) is 2.96. The van der Waals surface area contributed by atoms with E-state index < -0.39 is 21.6 Å². The van der Waals surface area contributed by atoms with E-state index in [0.717, 1.165) is 6.26 Å². The Morgan fingerprint density at radius 1 is 1.07 bits per heavy atom. The number of hydrogen-bond acceptors (Lipinski definition) is 3. The normalized spacial score (nSPS) is 11.9. The summed E-state index contributed by atoms with van der Waals surface area (Å²) in [6.07, 6.45) is 1.14. The number of benzene rings is 3. The average molecular weight is 396 g/mol. The molecule has 0 aliphatic rings. The van der Waals surface area contributed by atoms with E-state index in [0.29, 0.717) is 32.9 Å². The smallest absolute Gasteiger partial charge is 0.249 e. The molecule has 3 aromatic carbocycles. The number of carbonyl (C=O) groups excluding carboxylic acids is 1.